The van der Waals surface area contributed by atoms with E-state index in [0.29, 0.717) is 5.92 Å². The van der Waals surface area contributed by atoms with Crippen LogP contribution in [0.3, 0.4) is 0 Å². The number of ether oxygens (including phenoxy) is 1. The van der Waals surface area contributed by atoms with Crippen LogP contribution in [0.5, 0.6) is 5.75 Å². The maximum absolute atomic E-state index is 5.29. The van der Waals surface area contributed by atoms with E-state index in [0.717, 1.165) is 24.3 Å². The van der Waals surface area contributed by atoms with E-state index in [4.69, 9.17) is 4.74 Å². The molecule has 0 fully saturated rings. The molecule has 0 saturated carbocycles. The van der Waals surface area contributed by atoms with Crippen molar-refractivity contribution < 1.29 is 4.74 Å². The lowest BCUT2D eigenvalue weighted by molar-refractivity contribution is 0.414. The minimum Gasteiger partial charge on any atom is -0.497 e. The summed E-state index contributed by atoms with van der Waals surface area (Å²) in [6, 6.07) is 8.25. The third-order valence-electron chi connectivity index (χ3n) is 3.04. The quantitative estimate of drug-likeness (QED) is 0.687. The third-order valence-corrected chi connectivity index (χ3v) is 3.04. The van der Waals surface area contributed by atoms with Gasteiger partial charge in [-0.2, -0.15) is 0 Å². The van der Waals surface area contributed by atoms with Gasteiger partial charge in [-0.25, -0.2) is 0 Å². The first kappa shape index (κ1) is 14.5. The Balaban J connectivity index is 3.03. The summed E-state index contributed by atoms with van der Waals surface area (Å²) in [5, 5.41) is 0. The van der Waals surface area contributed by atoms with Gasteiger partial charge in [0.15, 0.2) is 0 Å². The van der Waals surface area contributed by atoms with Gasteiger partial charge in [-0.15, -0.1) is 0 Å². The van der Waals surface area contributed by atoms with Crippen LogP contribution in [0.1, 0.15) is 38.2 Å². The Hall–Kier alpha value is -1.57. The molecule has 0 aliphatic rings. The van der Waals surface area contributed by atoms with Crippen LogP contribution in [0.2, 0.25) is 0 Å². The molecule has 0 amide bonds. The molecule has 1 aromatic rings. The summed E-state index contributed by atoms with van der Waals surface area (Å²) >= 11 is 0. The summed E-state index contributed by atoms with van der Waals surface area (Å²) in [6.07, 6.45) is 6.36. The number of rotatable bonds is 6. The Morgan fingerprint density at radius 2 is 2.17 bits per heavy atom. The lowest BCUT2D eigenvalue weighted by Gasteiger charge is -2.16. The summed E-state index contributed by atoms with van der Waals surface area (Å²) in [6.45, 7) is 4.32. The van der Waals surface area contributed by atoms with Crippen molar-refractivity contribution in [3.05, 3.63) is 42.0 Å². The zero-order valence-corrected chi connectivity index (χ0v) is 11.8. The molecule has 1 atom stereocenters. The average molecular weight is 245 g/mol. The molecule has 0 saturated heterocycles. The molecule has 0 bridgehead atoms. The van der Waals surface area contributed by atoms with Gasteiger partial charge in [0.05, 0.1) is 7.11 Å². The standard InChI is InChI=1S/C16H23NO/c1-5-7-11-16(17-3)15(6-2)13-9-8-10-14(12-13)18-4/h7-12,15H,5-6H2,1-4H3/b11-7-,17-16?. The predicted molar refractivity (Wildman–Crippen MR) is 78.8 cm³/mol. The van der Waals surface area contributed by atoms with E-state index in [9.17, 15) is 0 Å². The van der Waals surface area contributed by atoms with Crippen LogP contribution in [-0.2, 0) is 0 Å². The Labute approximate surface area is 110 Å². The summed E-state index contributed by atoms with van der Waals surface area (Å²) in [4.78, 5) is 4.42. The van der Waals surface area contributed by atoms with E-state index in [2.05, 4.69) is 43.1 Å². The first-order valence-electron chi connectivity index (χ1n) is 6.53. The van der Waals surface area contributed by atoms with Crippen LogP contribution in [0.4, 0.5) is 0 Å². The summed E-state index contributed by atoms with van der Waals surface area (Å²) in [5.74, 6) is 1.24. The Morgan fingerprint density at radius 3 is 2.72 bits per heavy atom. The maximum Gasteiger partial charge on any atom is 0.119 e. The van der Waals surface area contributed by atoms with Crippen LogP contribution in [0, 0.1) is 0 Å². The fourth-order valence-electron chi connectivity index (χ4n) is 2.06. The van der Waals surface area contributed by atoms with Gasteiger partial charge in [-0.05, 0) is 36.6 Å². The van der Waals surface area contributed by atoms with E-state index in [1.165, 1.54) is 5.56 Å². The second kappa shape index (κ2) is 7.70. The second-order valence-electron chi connectivity index (χ2n) is 4.20. The van der Waals surface area contributed by atoms with Gasteiger partial charge >= 0.3 is 0 Å². The summed E-state index contributed by atoms with van der Waals surface area (Å²) < 4.78 is 5.29. The molecule has 2 heteroatoms. The number of nitrogens with zero attached hydrogens (tertiary/aromatic N) is 1. The number of allylic oxidation sites excluding steroid dienone is 2. The number of hydrogen-bond acceptors (Lipinski definition) is 2. The van der Waals surface area contributed by atoms with Crippen LogP contribution in [0.25, 0.3) is 0 Å². The average Bonchev–Trinajstić information content (AvgIpc) is 2.43. The Kier molecular flexibility index (Phi) is 6.20. The number of hydrogen-bond donors (Lipinski definition) is 0. The van der Waals surface area contributed by atoms with Gasteiger partial charge < -0.3 is 4.74 Å². The molecule has 2 nitrogen and oxygen atoms in total. The topological polar surface area (TPSA) is 21.6 Å². The van der Waals surface area contributed by atoms with Crippen molar-refractivity contribution in [1.82, 2.24) is 0 Å². The molecular weight excluding hydrogens is 222 g/mol. The van der Waals surface area contributed by atoms with Crippen LogP contribution < -0.4 is 4.74 Å². The number of aliphatic imine (C=N–C) groups is 1. The summed E-state index contributed by atoms with van der Waals surface area (Å²) in [5.41, 5.74) is 2.39. The van der Waals surface area contributed by atoms with E-state index >= 15 is 0 Å². The van der Waals surface area contributed by atoms with Gasteiger partial charge in [-0.3, -0.25) is 4.99 Å². The van der Waals surface area contributed by atoms with Crippen molar-refractivity contribution in [3.8, 4) is 5.75 Å². The van der Waals surface area contributed by atoms with E-state index in [1.54, 1.807) is 7.11 Å². The third kappa shape index (κ3) is 3.73. The Morgan fingerprint density at radius 1 is 1.39 bits per heavy atom. The van der Waals surface area contributed by atoms with Crippen LogP contribution in [0.15, 0.2) is 41.4 Å². The molecule has 0 aliphatic heterocycles. The van der Waals surface area contributed by atoms with Gasteiger partial charge in [-0.1, -0.05) is 32.1 Å². The highest BCUT2D eigenvalue weighted by atomic mass is 16.5. The fraction of sp³-hybridized carbons (Fsp3) is 0.438. The molecule has 98 valence electrons. The molecule has 1 rings (SSSR count). The molecular formula is C16H23NO. The minimum atomic E-state index is 0.341. The first-order chi connectivity index (χ1) is 8.76. The lowest BCUT2D eigenvalue weighted by atomic mass is 9.91. The Bertz CT molecular complexity index is 421. The van der Waals surface area contributed by atoms with E-state index < -0.39 is 0 Å². The highest BCUT2D eigenvalue weighted by Gasteiger charge is 2.14. The molecule has 0 spiro atoms. The molecule has 0 radical (unpaired) electrons. The van der Waals surface area contributed by atoms with Crippen LogP contribution >= 0.6 is 0 Å². The smallest absolute Gasteiger partial charge is 0.119 e. The van der Waals surface area contributed by atoms with Crippen molar-refractivity contribution in [2.75, 3.05) is 14.2 Å². The number of methoxy groups -OCH3 is 1. The largest absolute Gasteiger partial charge is 0.497 e. The molecule has 1 unspecified atom stereocenters. The highest BCUT2D eigenvalue weighted by molar-refractivity contribution is 6.00. The zero-order chi connectivity index (χ0) is 13.4. The molecule has 0 aromatic heterocycles. The molecule has 0 heterocycles. The molecule has 18 heavy (non-hydrogen) atoms. The summed E-state index contributed by atoms with van der Waals surface area (Å²) in [7, 11) is 3.56. The monoisotopic (exact) mass is 245 g/mol. The second-order valence-corrected chi connectivity index (χ2v) is 4.20. The van der Waals surface area contributed by atoms with Crippen molar-refractivity contribution in [3.63, 3.8) is 0 Å². The van der Waals surface area contributed by atoms with Gasteiger partial charge in [0, 0.05) is 18.7 Å². The van der Waals surface area contributed by atoms with E-state index in [-0.39, 0.29) is 0 Å². The molecule has 0 aliphatic carbocycles. The molecule has 1 aromatic carbocycles. The van der Waals surface area contributed by atoms with Crippen molar-refractivity contribution in [2.24, 2.45) is 4.99 Å². The SMILES string of the molecule is CC/C=C\C(=NC)C(CC)c1cccc(OC)c1. The van der Waals surface area contributed by atoms with Crippen molar-refractivity contribution >= 4 is 5.71 Å². The fourth-order valence-corrected chi connectivity index (χ4v) is 2.06. The van der Waals surface area contributed by atoms with Crippen molar-refractivity contribution in [1.29, 1.82) is 0 Å². The van der Waals surface area contributed by atoms with Crippen LogP contribution in [-0.4, -0.2) is 19.9 Å². The van der Waals surface area contributed by atoms with Gasteiger partial charge in [0.1, 0.15) is 5.75 Å². The minimum absolute atomic E-state index is 0.341. The lowest BCUT2D eigenvalue weighted by Crippen LogP contribution is -2.09. The maximum atomic E-state index is 5.29. The van der Waals surface area contributed by atoms with Gasteiger partial charge in [0.25, 0.3) is 0 Å². The van der Waals surface area contributed by atoms with Gasteiger partial charge in [0.2, 0.25) is 0 Å². The van der Waals surface area contributed by atoms with Crippen molar-refractivity contribution in [2.45, 2.75) is 32.6 Å². The zero-order valence-electron chi connectivity index (χ0n) is 11.8. The van der Waals surface area contributed by atoms with E-state index in [1.807, 2.05) is 19.2 Å². The molecule has 0 N–H and O–H groups in total. The normalized spacial score (nSPS) is 13.9. The number of benzene rings is 1. The predicted octanol–water partition coefficient (Wildman–Crippen LogP) is 4.23. The first-order valence-corrected chi connectivity index (χ1v) is 6.53. The highest BCUT2D eigenvalue weighted by Crippen LogP contribution is 2.25.